The van der Waals surface area contributed by atoms with E-state index in [1.807, 2.05) is 35.0 Å². The highest BCUT2D eigenvalue weighted by Gasteiger charge is 2.18. The van der Waals surface area contributed by atoms with Crippen LogP contribution < -0.4 is 5.32 Å². The molecule has 0 aliphatic heterocycles. The molecule has 0 spiro atoms. The Morgan fingerprint density at radius 3 is 2.74 bits per heavy atom. The summed E-state index contributed by atoms with van der Waals surface area (Å²) in [6.45, 7) is 6.22. The van der Waals surface area contributed by atoms with Crippen LogP contribution in [0, 0.1) is 20.8 Å². The summed E-state index contributed by atoms with van der Waals surface area (Å²) >= 11 is 1.41. The lowest BCUT2D eigenvalue weighted by atomic mass is 10.0. The number of benzene rings is 1. The van der Waals surface area contributed by atoms with E-state index in [0.29, 0.717) is 5.13 Å². The van der Waals surface area contributed by atoms with Gasteiger partial charge < -0.3 is 9.72 Å². The first-order valence-corrected chi connectivity index (χ1v) is 9.64. The van der Waals surface area contributed by atoms with Crippen LogP contribution in [0.2, 0.25) is 0 Å². The van der Waals surface area contributed by atoms with Crippen molar-refractivity contribution in [3.05, 3.63) is 70.5 Å². The summed E-state index contributed by atoms with van der Waals surface area (Å²) in [5, 5.41) is 5.32. The number of carbonyl (C=O) groups is 1. The average molecular weight is 376 g/mol. The highest BCUT2D eigenvalue weighted by Crippen LogP contribution is 2.28. The number of anilines is 1. The predicted molar refractivity (Wildman–Crippen MR) is 109 cm³/mol. The third-order valence-electron chi connectivity index (χ3n) is 4.73. The van der Waals surface area contributed by atoms with Crippen LogP contribution in [0.25, 0.3) is 16.9 Å². The molecule has 1 aromatic carbocycles. The fraction of sp³-hybridized carbons (Fsp3) is 0.190. The van der Waals surface area contributed by atoms with Crippen molar-refractivity contribution in [3.8, 4) is 11.3 Å². The minimum Gasteiger partial charge on any atom is -0.303 e. The zero-order chi connectivity index (χ0) is 19.0. The number of aryl methyl sites for hydroxylation is 3. The largest absolute Gasteiger partial charge is 0.303 e. The third-order valence-corrected chi connectivity index (χ3v) is 5.42. The molecule has 136 valence electrons. The molecule has 0 bridgehead atoms. The van der Waals surface area contributed by atoms with Crippen molar-refractivity contribution in [3.63, 3.8) is 0 Å². The van der Waals surface area contributed by atoms with E-state index < -0.39 is 0 Å². The molecule has 3 aromatic heterocycles. The van der Waals surface area contributed by atoms with Crippen LogP contribution in [-0.2, 0) is 11.2 Å². The zero-order valence-electron chi connectivity index (χ0n) is 15.5. The van der Waals surface area contributed by atoms with Crippen LogP contribution in [-0.4, -0.2) is 20.3 Å². The van der Waals surface area contributed by atoms with Gasteiger partial charge in [0.15, 0.2) is 5.13 Å². The van der Waals surface area contributed by atoms with Gasteiger partial charge in [0.1, 0.15) is 5.65 Å². The van der Waals surface area contributed by atoms with Gasteiger partial charge >= 0.3 is 0 Å². The van der Waals surface area contributed by atoms with Gasteiger partial charge in [-0.2, -0.15) is 0 Å². The summed E-state index contributed by atoms with van der Waals surface area (Å²) in [6.07, 6.45) is 3.87. The summed E-state index contributed by atoms with van der Waals surface area (Å²) in [5.74, 6) is -0.0988. The van der Waals surface area contributed by atoms with Crippen LogP contribution in [0.5, 0.6) is 0 Å². The molecule has 0 aliphatic rings. The molecule has 3 heterocycles. The number of imidazole rings is 1. The van der Waals surface area contributed by atoms with E-state index >= 15 is 0 Å². The second kappa shape index (κ2) is 6.96. The lowest BCUT2D eigenvalue weighted by Crippen LogP contribution is -2.16. The SMILES string of the molecule is Cc1ccc(-c2nc3c(C)cccn3c2CC(=O)Nc2nccs2)cc1C. The molecule has 1 amide bonds. The monoisotopic (exact) mass is 376 g/mol. The van der Waals surface area contributed by atoms with Gasteiger partial charge in [-0.05, 0) is 49.6 Å². The summed E-state index contributed by atoms with van der Waals surface area (Å²) in [4.78, 5) is 21.6. The third kappa shape index (κ3) is 3.36. The number of thiazole rings is 1. The molecule has 0 unspecified atom stereocenters. The molecule has 0 saturated carbocycles. The predicted octanol–water partition coefficient (Wildman–Crippen LogP) is 4.56. The molecule has 6 heteroatoms. The number of fused-ring (bicyclic) bond motifs is 1. The van der Waals surface area contributed by atoms with Crippen molar-refractivity contribution in [1.29, 1.82) is 0 Å². The fourth-order valence-electron chi connectivity index (χ4n) is 3.14. The molecule has 0 atom stereocenters. The molecular weight excluding hydrogens is 356 g/mol. The Kier molecular flexibility index (Phi) is 4.49. The van der Waals surface area contributed by atoms with E-state index in [1.165, 1.54) is 22.5 Å². The lowest BCUT2D eigenvalue weighted by Gasteiger charge is -2.07. The molecule has 0 fully saturated rings. The number of nitrogens with zero attached hydrogens (tertiary/aromatic N) is 3. The molecule has 27 heavy (non-hydrogen) atoms. The number of amides is 1. The van der Waals surface area contributed by atoms with E-state index in [2.05, 4.69) is 42.3 Å². The number of nitrogens with one attached hydrogen (secondary N) is 1. The van der Waals surface area contributed by atoms with Crippen LogP contribution in [0.3, 0.4) is 0 Å². The summed E-state index contributed by atoms with van der Waals surface area (Å²) in [7, 11) is 0. The quantitative estimate of drug-likeness (QED) is 0.568. The van der Waals surface area contributed by atoms with E-state index in [9.17, 15) is 4.79 Å². The van der Waals surface area contributed by atoms with E-state index in [1.54, 1.807) is 6.20 Å². The number of carbonyl (C=O) groups excluding carboxylic acids is 1. The number of hydrogen-bond donors (Lipinski definition) is 1. The summed E-state index contributed by atoms with van der Waals surface area (Å²) in [6, 6.07) is 10.3. The Bertz CT molecular complexity index is 1130. The van der Waals surface area contributed by atoms with Gasteiger partial charge in [-0.1, -0.05) is 18.2 Å². The van der Waals surface area contributed by atoms with Crippen molar-refractivity contribution in [2.75, 3.05) is 5.32 Å². The smallest absolute Gasteiger partial charge is 0.232 e. The first-order chi connectivity index (χ1) is 13.0. The molecule has 4 rings (SSSR count). The van der Waals surface area contributed by atoms with Crippen LogP contribution in [0.15, 0.2) is 48.1 Å². The van der Waals surface area contributed by atoms with Gasteiger partial charge in [-0.25, -0.2) is 9.97 Å². The Morgan fingerprint density at radius 2 is 2.00 bits per heavy atom. The highest BCUT2D eigenvalue weighted by molar-refractivity contribution is 7.13. The van der Waals surface area contributed by atoms with Crippen LogP contribution >= 0.6 is 11.3 Å². The van der Waals surface area contributed by atoms with Crippen molar-refractivity contribution in [1.82, 2.24) is 14.4 Å². The normalized spacial score (nSPS) is 11.1. The Hall–Kier alpha value is -2.99. The van der Waals surface area contributed by atoms with Gasteiger partial charge in [0.05, 0.1) is 17.8 Å². The first kappa shape index (κ1) is 17.4. The van der Waals surface area contributed by atoms with Gasteiger partial charge in [-0.15, -0.1) is 11.3 Å². The van der Waals surface area contributed by atoms with Gasteiger partial charge in [0, 0.05) is 23.3 Å². The number of rotatable bonds is 4. The van der Waals surface area contributed by atoms with E-state index in [-0.39, 0.29) is 12.3 Å². The maximum atomic E-state index is 12.6. The van der Waals surface area contributed by atoms with Crippen LogP contribution in [0.4, 0.5) is 5.13 Å². The lowest BCUT2D eigenvalue weighted by molar-refractivity contribution is -0.115. The van der Waals surface area contributed by atoms with E-state index in [4.69, 9.17) is 4.98 Å². The second-order valence-electron chi connectivity index (χ2n) is 6.65. The Morgan fingerprint density at radius 1 is 1.15 bits per heavy atom. The standard InChI is InChI=1S/C21H20N4OS/c1-13-6-7-16(11-15(13)3)19-17(12-18(26)23-21-22-8-10-27-21)25-9-4-5-14(2)20(25)24-19/h4-11H,12H2,1-3H3,(H,22,23,26). The highest BCUT2D eigenvalue weighted by atomic mass is 32.1. The molecule has 1 N–H and O–H groups in total. The molecular formula is C21H20N4OS. The van der Waals surface area contributed by atoms with Gasteiger partial charge in [0.2, 0.25) is 5.91 Å². The number of pyridine rings is 1. The van der Waals surface area contributed by atoms with Gasteiger partial charge in [-0.3, -0.25) is 4.79 Å². The second-order valence-corrected chi connectivity index (χ2v) is 7.55. The average Bonchev–Trinajstić information content (AvgIpc) is 3.27. The summed E-state index contributed by atoms with van der Waals surface area (Å²) < 4.78 is 2.02. The first-order valence-electron chi connectivity index (χ1n) is 8.76. The topological polar surface area (TPSA) is 59.3 Å². The maximum Gasteiger partial charge on any atom is 0.232 e. The Labute approximate surface area is 161 Å². The van der Waals surface area contributed by atoms with Gasteiger partial charge in [0.25, 0.3) is 0 Å². The maximum absolute atomic E-state index is 12.6. The summed E-state index contributed by atoms with van der Waals surface area (Å²) in [5.41, 5.74) is 7.16. The van der Waals surface area contributed by atoms with E-state index in [0.717, 1.165) is 28.2 Å². The van der Waals surface area contributed by atoms with Crippen molar-refractivity contribution < 1.29 is 4.79 Å². The fourth-order valence-corrected chi connectivity index (χ4v) is 3.69. The number of hydrogen-bond acceptors (Lipinski definition) is 4. The minimum atomic E-state index is -0.0988. The molecule has 0 saturated heterocycles. The zero-order valence-corrected chi connectivity index (χ0v) is 16.3. The molecule has 5 nitrogen and oxygen atoms in total. The van der Waals surface area contributed by atoms with Crippen molar-refractivity contribution >= 4 is 28.0 Å². The Balaban J connectivity index is 1.80. The molecule has 0 aliphatic carbocycles. The number of aromatic nitrogens is 3. The van der Waals surface area contributed by atoms with Crippen LogP contribution in [0.1, 0.15) is 22.4 Å². The molecule has 0 radical (unpaired) electrons. The van der Waals surface area contributed by atoms with Crippen molar-refractivity contribution in [2.24, 2.45) is 0 Å². The minimum absolute atomic E-state index is 0.0988. The molecule has 4 aromatic rings. The van der Waals surface area contributed by atoms with Crippen molar-refractivity contribution in [2.45, 2.75) is 27.2 Å².